The van der Waals surface area contributed by atoms with Gasteiger partial charge < -0.3 is 15.7 Å². The van der Waals surface area contributed by atoms with Crippen LogP contribution in [0.1, 0.15) is 39.0 Å². The Labute approximate surface area is 118 Å². The van der Waals surface area contributed by atoms with Gasteiger partial charge in [0, 0.05) is 18.3 Å². The van der Waals surface area contributed by atoms with E-state index < -0.39 is 17.4 Å². The molecule has 0 aromatic rings. The summed E-state index contributed by atoms with van der Waals surface area (Å²) in [6.07, 6.45) is 7.19. The SMILES string of the molecule is CSCC(C)(O)CNC(=O)C(=O)NC1CCCCC1. The zero-order valence-corrected chi connectivity index (χ0v) is 12.5. The van der Waals surface area contributed by atoms with Crippen LogP contribution in [0.4, 0.5) is 0 Å². The van der Waals surface area contributed by atoms with E-state index in [9.17, 15) is 14.7 Å². The first-order valence-electron chi connectivity index (χ1n) is 6.74. The van der Waals surface area contributed by atoms with Gasteiger partial charge in [0.05, 0.1) is 5.60 Å². The number of hydrogen-bond acceptors (Lipinski definition) is 4. The topological polar surface area (TPSA) is 78.4 Å². The van der Waals surface area contributed by atoms with Gasteiger partial charge in [-0.3, -0.25) is 9.59 Å². The van der Waals surface area contributed by atoms with E-state index in [1.807, 2.05) is 6.26 Å². The average Bonchev–Trinajstić information content (AvgIpc) is 2.37. The van der Waals surface area contributed by atoms with Crippen LogP contribution in [0.15, 0.2) is 0 Å². The summed E-state index contributed by atoms with van der Waals surface area (Å²) in [5.41, 5.74) is -0.986. The van der Waals surface area contributed by atoms with Crippen molar-refractivity contribution in [2.45, 2.75) is 50.7 Å². The maximum Gasteiger partial charge on any atom is 0.309 e. The van der Waals surface area contributed by atoms with Crippen LogP contribution >= 0.6 is 11.8 Å². The van der Waals surface area contributed by atoms with Crippen LogP contribution in [0.2, 0.25) is 0 Å². The lowest BCUT2D eigenvalue weighted by Crippen LogP contribution is -2.49. The van der Waals surface area contributed by atoms with Crippen molar-refractivity contribution in [1.29, 1.82) is 0 Å². The number of carbonyl (C=O) groups is 2. The largest absolute Gasteiger partial charge is 0.387 e. The average molecular weight is 288 g/mol. The Hall–Kier alpha value is -0.750. The smallest absolute Gasteiger partial charge is 0.309 e. The molecule has 110 valence electrons. The van der Waals surface area contributed by atoms with E-state index in [0.717, 1.165) is 25.7 Å². The van der Waals surface area contributed by atoms with Crippen LogP contribution in [0, 0.1) is 0 Å². The van der Waals surface area contributed by atoms with Crippen molar-refractivity contribution in [3.8, 4) is 0 Å². The van der Waals surface area contributed by atoms with Crippen molar-refractivity contribution >= 4 is 23.6 Å². The van der Waals surface area contributed by atoms with Crippen LogP contribution in [0.5, 0.6) is 0 Å². The molecule has 0 heterocycles. The summed E-state index contributed by atoms with van der Waals surface area (Å²) in [4.78, 5) is 23.3. The molecule has 5 nitrogen and oxygen atoms in total. The van der Waals surface area contributed by atoms with E-state index in [-0.39, 0.29) is 12.6 Å². The molecular formula is C13H24N2O3S. The van der Waals surface area contributed by atoms with Gasteiger partial charge in [-0.05, 0) is 26.0 Å². The van der Waals surface area contributed by atoms with Gasteiger partial charge in [0.1, 0.15) is 0 Å². The van der Waals surface area contributed by atoms with Crippen molar-refractivity contribution < 1.29 is 14.7 Å². The Kier molecular flexibility index (Phi) is 6.65. The zero-order valence-electron chi connectivity index (χ0n) is 11.7. The van der Waals surface area contributed by atoms with Gasteiger partial charge in [-0.2, -0.15) is 11.8 Å². The molecule has 0 radical (unpaired) electrons. The van der Waals surface area contributed by atoms with E-state index in [1.165, 1.54) is 18.2 Å². The molecule has 1 unspecified atom stereocenters. The molecule has 0 aromatic carbocycles. The predicted octanol–water partition coefficient (Wildman–Crippen LogP) is 0.665. The number of carbonyl (C=O) groups excluding carboxylic acids is 2. The van der Waals surface area contributed by atoms with E-state index in [0.29, 0.717) is 5.75 Å². The van der Waals surface area contributed by atoms with E-state index in [4.69, 9.17) is 0 Å². The molecule has 1 aliphatic rings. The van der Waals surface area contributed by atoms with E-state index in [1.54, 1.807) is 6.92 Å². The van der Waals surface area contributed by atoms with Crippen molar-refractivity contribution in [3.05, 3.63) is 0 Å². The van der Waals surface area contributed by atoms with Crippen molar-refractivity contribution in [2.24, 2.45) is 0 Å². The maximum absolute atomic E-state index is 11.7. The molecule has 0 aromatic heterocycles. The fourth-order valence-electron chi connectivity index (χ4n) is 2.21. The first-order valence-corrected chi connectivity index (χ1v) is 8.14. The molecule has 19 heavy (non-hydrogen) atoms. The van der Waals surface area contributed by atoms with Gasteiger partial charge in [-0.1, -0.05) is 19.3 Å². The second-order valence-corrected chi connectivity index (χ2v) is 6.29. The number of amides is 2. The van der Waals surface area contributed by atoms with E-state index in [2.05, 4.69) is 10.6 Å². The Morgan fingerprint density at radius 1 is 1.26 bits per heavy atom. The zero-order chi connectivity index (χ0) is 14.3. The Bertz CT molecular complexity index is 315. The fourth-order valence-corrected chi connectivity index (χ4v) is 2.93. The van der Waals surface area contributed by atoms with Crippen LogP contribution in [0.3, 0.4) is 0 Å². The summed E-state index contributed by atoms with van der Waals surface area (Å²) < 4.78 is 0. The van der Waals surface area contributed by atoms with Crippen molar-refractivity contribution in [3.63, 3.8) is 0 Å². The van der Waals surface area contributed by atoms with Gasteiger partial charge in [-0.15, -0.1) is 0 Å². The number of thioether (sulfide) groups is 1. The number of aliphatic hydroxyl groups is 1. The first-order chi connectivity index (χ1) is 8.94. The summed E-state index contributed by atoms with van der Waals surface area (Å²) in [5.74, 6) is -0.740. The van der Waals surface area contributed by atoms with Crippen LogP contribution in [0.25, 0.3) is 0 Å². The van der Waals surface area contributed by atoms with Crippen molar-refractivity contribution in [2.75, 3.05) is 18.6 Å². The third kappa shape index (κ3) is 6.29. The Balaban J connectivity index is 2.30. The van der Waals surface area contributed by atoms with Gasteiger partial charge in [0.2, 0.25) is 0 Å². The number of nitrogens with one attached hydrogen (secondary N) is 2. The summed E-state index contributed by atoms with van der Waals surface area (Å²) in [7, 11) is 0. The predicted molar refractivity (Wildman–Crippen MR) is 77.0 cm³/mol. The highest BCUT2D eigenvalue weighted by Gasteiger charge is 2.24. The minimum Gasteiger partial charge on any atom is -0.387 e. The number of rotatable bonds is 5. The lowest BCUT2D eigenvalue weighted by atomic mass is 9.95. The molecule has 3 N–H and O–H groups in total. The second kappa shape index (κ2) is 7.75. The minimum absolute atomic E-state index is 0.0881. The van der Waals surface area contributed by atoms with Gasteiger partial charge in [0.25, 0.3) is 0 Å². The lowest BCUT2D eigenvalue weighted by Gasteiger charge is -2.24. The monoisotopic (exact) mass is 288 g/mol. The van der Waals surface area contributed by atoms with Crippen LogP contribution in [-0.2, 0) is 9.59 Å². The molecule has 2 amide bonds. The molecule has 1 rings (SSSR count). The Morgan fingerprint density at radius 3 is 2.47 bits per heavy atom. The standard InChI is InChI=1S/C13H24N2O3S/c1-13(18,9-19-2)8-14-11(16)12(17)15-10-6-4-3-5-7-10/h10,18H,3-9H2,1-2H3,(H,14,16)(H,15,17). The fraction of sp³-hybridized carbons (Fsp3) is 0.846. The molecule has 1 fully saturated rings. The summed E-state index contributed by atoms with van der Waals surface area (Å²) in [5, 5.41) is 15.1. The molecule has 0 aliphatic heterocycles. The van der Waals surface area contributed by atoms with Crippen LogP contribution in [-0.4, -0.2) is 47.1 Å². The first kappa shape index (κ1) is 16.3. The summed E-state index contributed by atoms with van der Waals surface area (Å²) >= 11 is 1.50. The lowest BCUT2D eigenvalue weighted by molar-refractivity contribution is -0.140. The highest BCUT2D eigenvalue weighted by molar-refractivity contribution is 7.98. The van der Waals surface area contributed by atoms with E-state index >= 15 is 0 Å². The third-order valence-electron chi connectivity index (χ3n) is 3.23. The highest BCUT2D eigenvalue weighted by Crippen LogP contribution is 2.17. The van der Waals surface area contributed by atoms with Gasteiger partial charge >= 0.3 is 11.8 Å². The molecule has 6 heteroatoms. The molecule has 1 saturated carbocycles. The molecule has 0 spiro atoms. The number of hydrogen-bond donors (Lipinski definition) is 3. The van der Waals surface area contributed by atoms with Crippen molar-refractivity contribution in [1.82, 2.24) is 10.6 Å². The molecule has 0 bridgehead atoms. The summed E-state index contributed by atoms with van der Waals surface area (Å²) in [6, 6.07) is 0.124. The highest BCUT2D eigenvalue weighted by atomic mass is 32.2. The Morgan fingerprint density at radius 2 is 1.89 bits per heavy atom. The normalized spacial score (nSPS) is 19.5. The molecule has 1 atom stereocenters. The molecule has 1 aliphatic carbocycles. The molecular weight excluding hydrogens is 264 g/mol. The third-order valence-corrected chi connectivity index (χ3v) is 4.14. The minimum atomic E-state index is -0.986. The quantitative estimate of drug-likeness (QED) is 0.650. The van der Waals surface area contributed by atoms with Gasteiger partial charge in [0.15, 0.2) is 0 Å². The molecule has 0 saturated heterocycles. The van der Waals surface area contributed by atoms with Gasteiger partial charge in [-0.25, -0.2) is 0 Å². The van der Waals surface area contributed by atoms with Crippen LogP contribution < -0.4 is 10.6 Å². The maximum atomic E-state index is 11.7. The second-order valence-electron chi connectivity index (χ2n) is 5.42. The summed E-state index contributed by atoms with van der Waals surface area (Å²) in [6.45, 7) is 1.73.